The summed E-state index contributed by atoms with van der Waals surface area (Å²) < 4.78 is 38.6. The number of aryl methyl sites for hydroxylation is 2. The molecule has 0 saturated heterocycles. The number of aliphatic hydroxyl groups is 1. The van der Waals surface area contributed by atoms with Gasteiger partial charge in [0.15, 0.2) is 0 Å². The molecule has 1 aliphatic heterocycles. The molecule has 0 bridgehead atoms. The van der Waals surface area contributed by atoms with Gasteiger partial charge < -0.3 is 18.9 Å². The van der Waals surface area contributed by atoms with Crippen molar-refractivity contribution >= 4 is 43.2 Å². The van der Waals surface area contributed by atoms with Crippen LogP contribution in [-0.2, 0) is 30.6 Å². The van der Waals surface area contributed by atoms with Crippen molar-refractivity contribution in [3.8, 4) is 0 Å². The average molecular weight is 679 g/mol. The van der Waals surface area contributed by atoms with Crippen LogP contribution >= 0.6 is 15.9 Å². The number of carbonyl (C=O) groups excluding carboxylic acids is 1. The van der Waals surface area contributed by atoms with Gasteiger partial charge in [-0.3, -0.25) is 4.79 Å². The van der Waals surface area contributed by atoms with E-state index in [0.717, 1.165) is 63.7 Å². The maximum Gasteiger partial charge on any atom is 0.388 e. The lowest BCUT2D eigenvalue weighted by atomic mass is 9.83. The van der Waals surface area contributed by atoms with Gasteiger partial charge in [0.1, 0.15) is 5.52 Å². The summed E-state index contributed by atoms with van der Waals surface area (Å²) in [6.45, 7) is 10.2. The highest BCUT2D eigenvalue weighted by atomic mass is 79.9. The molecule has 13 heteroatoms. The van der Waals surface area contributed by atoms with E-state index in [2.05, 4.69) is 38.2 Å². The third-order valence-corrected chi connectivity index (χ3v) is 9.89. The molecule has 234 valence electrons. The molecule has 3 aromatic rings. The first-order valence-electron chi connectivity index (χ1n) is 14.4. The number of aromatic nitrogens is 3. The molecule has 2 aromatic carbocycles. The van der Waals surface area contributed by atoms with Gasteiger partial charge in [-0.15, -0.1) is 5.10 Å². The van der Waals surface area contributed by atoms with Crippen LogP contribution in [-0.4, -0.2) is 82.3 Å². The summed E-state index contributed by atoms with van der Waals surface area (Å²) >= 11 is 3.48. The largest absolute Gasteiger partial charge is 0.480 e. The molecule has 0 saturated carbocycles. The quantitative estimate of drug-likeness (QED) is 0.199. The maximum absolute atomic E-state index is 12.9. The Bertz CT molecular complexity index is 1590. The maximum atomic E-state index is 12.9. The smallest absolute Gasteiger partial charge is 0.388 e. The number of alkyl halides is 1. The van der Waals surface area contributed by atoms with Gasteiger partial charge in [-0.1, -0.05) is 45.4 Å². The fourth-order valence-corrected chi connectivity index (χ4v) is 6.90. The number of carbonyl (C=O) groups is 1. The summed E-state index contributed by atoms with van der Waals surface area (Å²) in [4.78, 5) is 15.1. The molecular weight excluding hydrogens is 638 g/mol. The Morgan fingerprint density at radius 3 is 2.67 bits per heavy atom. The third kappa shape index (κ3) is 7.57. The first kappa shape index (κ1) is 32.9. The molecule has 0 amide bonds. The van der Waals surface area contributed by atoms with E-state index in [9.17, 15) is 18.3 Å². The minimum Gasteiger partial charge on any atom is -0.480 e. The Labute approximate surface area is 261 Å². The summed E-state index contributed by atoms with van der Waals surface area (Å²) in [6, 6.07) is 9.28. The van der Waals surface area contributed by atoms with E-state index in [1.807, 2.05) is 48.9 Å². The Balaban J connectivity index is 1.71. The first-order valence-corrected chi connectivity index (χ1v) is 16.9. The lowest BCUT2D eigenvalue weighted by molar-refractivity contribution is -0.143. The number of fused-ring (bicyclic) bond motifs is 1. The molecule has 0 fully saturated rings. The fraction of sp³-hybridized carbons (Fsp3) is 0.500. The van der Waals surface area contributed by atoms with Crippen molar-refractivity contribution in [2.75, 3.05) is 38.6 Å². The number of benzene rings is 2. The standard InChI is InChI=1S/C30H40BrN5O6S/c1-6-41-29(38)19-26(23-9-8-20(2)25(18-23)22(4)36-15-12-28(37)42-43(36,39)40)24-10-11-27-30(21(24)3)32-33-35(27)17-16-34(5)14-7-13-31/h8-12,18,22,26,37H,6-7,13-17,19H2,1-5H3/t22-,26?/m1/s1. The summed E-state index contributed by atoms with van der Waals surface area (Å²) in [5.74, 6) is -1.33. The van der Waals surface area contributed by atoms with Gasteiger partial charge >= 0.3 is 16.3 Å². The number of ether oxygens (including phenoxy) is 1. The molecule has 1 N–H and O–H groups in total. The Morgan fingerprint density at radius 2 is 1.98 bits per heavy atom. The summed E-state index contributed by atoms with van der Waals surface area (Å²) in [7, 11) is -2.08. The van der Waals surface area contributed by atoms with Crippen molar-refractivity contribution in [2.45, 2.75) is 59.0 Å². The fourth-order valence-electron chi connectivity index (χ4n) is 5.51. The van der Waals surface area contributed by atoms with Crippen LogP contribution < -0.4 is 0 Å². The summed E-state index contributed by atoms with van der Waals surface area (Å²) in [5.41, 5.74) is 6.05. The predicted octanol–water partition coefficient (Wildman–Crippen LogP) is 4.89. The zero-order valence-corrected chi connectivity index (χ0v) is 27.7. The molecule has 1 unspecified atom stereocenters. The van der Waals surface area contributed by atoms with Crippen molar-refractivity contribution in [1.82, 2.24) is 24.2 Å². The molecule has 2 atom stereocenters. The molecule has 1 aliphatic rings. The van der Waals surface area contributed by atoms with Crippen LogP contribution in [0.25, 0.3) is 11.0 Å². The van der Waals surface area contributed by atoms with Gasteiger partial charge in [0, 0.05) is 30.4 Å². The Hall–Kier alpha value is -3.00. The number of aliphatic hydroxyl groups excluding tert-OH is 1. The van der Waals surface area contributed by atoms with Crippen molar-refractivity contribution in [3.63, 3.8) is 0 Å². The summed E-state index contributed by atoms with van der Waals surface area (Å²) in [5, 5.41) is 19.5. The van der Waals surface area contributed by atoms with Crippen LogP contribution in [0.15, 0.2) is 42.4 Å². The highest BCUT2D eigenvalue weighted by molar-refractivity contribution is 9.09. The SMILES string of the molecule is CCOC(=O)CC(c1ccc(C)c([C@@H](C)N2CC=C(O)OS2(=O)=O)c1)c1ccc2c(nnn2CCN(C)CCCBr)c1C. The molecule has 0 aliphatic carbocycles. The van der Waals surface area contributed by atoms with E-state index >= 15 is 0 Å². The molecule has 2 heterocycles. The Morgan fingerprint density at radius 1 is 1.21 bits per heavy atom. The minimum absolute atomic E-state index is 0.0248. The normalized spacial score (nSPS) is 16.6. The van der Waals surface area contributed by atoms with Crippen molar-refractivity contribution in [1.29, 1.82) is 0 Å². The average Bonchev–Trinajstić information content (AvgIpc) is 3.37. The highest BCUT2D eigenvalue weighted by Crippen LogP contribution is 2.37. The van der Waals surface area contributed by atoms with Gasteiger partial charge in [-0.25, -0.2) is 4.68 Å². The van der Waals surface area contributed by atoms with Crippen LogP contribution in [0.5, 0.6) is 0 Å². The van der Waals surface area contributed by atoms with E-state index in [0.29, 0.717) is 6.54 Å². The number of hydrogen-bond acceptors (Lipinski definition) is 9. The Kier molecular flexibility index (Phi) is 10.9. The van der Waals surface area contributed by atoms with Crippen molar-refractivity contribution < 1.29 is 27.2 Å². The van der Waals surface area contributed by atoms with Gasteiger partial charge in [0.25, 0.3) is 5.95 Å². The third-order valence-electron chi connectivity index (χ3n) is 7.91. The van der Waals surface area contributed by atoms with Crippen LogP contribution in [0.4, 0.5) is 0 Å². The number of halogens is 1. The van der Waals surface area contributed by atoms with E-state index in [4.69, 9.17) is 8.92 Å². The zero-order valence-electron chi connectivity index (χ0n) is 25.3. The van der Waals surface area contributed by atoms with E-state index in [1.54, 1.807) is 13.8 Å². The molecule has 0 spiro atoms. The first-order chi connectivity index (χ1) is 20.5. The number of hydrogen-bond donors (Lipinski definition) is 1. The molecule has 43 heavy (non-hydrogen) atoms. The molecule has 4 rings (SSSR count). The number of rotatable bonds is 13. The van der Waals surface area contributed by atoms with E-state index < -0.39 is 22.3 Å². The molecule has 1 aromatic heterocycles. The van der Waals surface area contributed by atoms with Gasteiger partial charge in [-0.05, 0) is 81.6 Å². The van der Waals surface area contributed by atoms with Crippen LogP contribution in [0.1, 0.15) is 66.5 Å². The van der Waals surface area contributed by atoms with Crippen molar-refractivity contribution in [2.24, 2.45) is 0 Å². The van der Waals surface area contributed by atoms with Gasteiger partial charge in [0.2, 0.25) is 0 Å². The van der Waals surface area contributed by atoms with E-state index in [1.165, 1.54) is 10.4 Å². The topological polar surface area (TPSA) is 127 Å². The van der Waals surface area contributed by atoms with Crippen LogP contribution in [0.3, 0.4) is 0 Å². The molecule has 11 nitrogen and oxygen atoms in total. The summed E-state index contributed by atoms with van der Waals surface area (Å²) in [6.07, 6.45) is 2.49. The second kappa shape index (κ2) is 14.2. The molecular formula is C30H40BrN5O6S. The van der Waals surface area contributed by atoms with Crippen molar-refractivity contribution in [3.05, 3.63) is 70.2 Å². The second-order valence-corrected chi connectivity index (χ2v) is 13.1. The second-order valence-electron chi connectivity index (χ2n) is 10.8. The van der Waals surface area contributed by atoms with Crippen LogP contribution in [0, 0.1) is 13.8 Å². The van der Waals surface area contributed by atoms with E-state index in [-0.39, 0.29) is 31.5 Å². The predicted molar refractivity (Wildman–Crippen MR) is 168 cm³/mol. The number of esters is 1. The van der Waals surface area contributed by atoms with Crippen LogP contribution in [0.2, 0.25) is 0 Å². The number of likely N-dealkylation sites (N-methyl/N-ethyl adjacent to an activating group) is 1. The molecule has 0 radical (unpaired) electrons. The minimum atomic E-state index is -4.17. The van der Waals surface area contributed by atoms with Gasteiger partial charge in [-0.2, -0.15) is 12.7 Å². The lowest BCUT2D eigenvalue weighted by Gasteiger charge is -2.30. The highest BCUT2D eigenvalue weighted by Gasteiger charge is 2.34. The van der Waals surface area contributed by atoms with Gasteiger partial charge in [0.05, 0.1) is 31.1 Å². The monoisotopic (exact) mass is 677 g/mol. The number of nitrogens with zero attached hydrogens (tertiary/aromatic N) is 5. The zero-order chi connectivity index (χ0) is 31.3. The lowest BCUT2D eigenvalue weighted by Crippen LogP contribution is -2.38.